The van der Waals surface area contributed by atoms with Crippen LogP contribution in [0.25, 0.3) is 0 Å². The summed E-state index contributed by atoms with van der Waals surface area (Å²) in [7, 11) is 0. The van der Waals surface area contributed by atoms with Gasteiger partial charge in [-0.25, -0.2) is 0 Å². The van der Waals surface area contributed by atoms with E-state index in [4.69, 9.17) is 0 Å². The Bertz CT molecular complexity index is 507. The van der Waals surface area contributed by atoms with Crippen LogP contribution >= 0.6 is 15.9 Å². The summed E-state index contributed by atoms with van der Waals surface area (Å²) in [5.74, 6) is -1.59. The fourth-order valence-corrected chi connectivity index (χ4v) is 2.93. The van der Waals surface area contributed by atoms with Crippen molar-refractivity contribution < 1.29 is 14.7 Å². The predicted octanol–water partition coefficient (Wildman–Crippen LogP) is 2.61. The van der Waals surface area contributed by atoms with Gasteiger partial charge in [0.2, 0.25) is 0 Å². The van der Waals surface area contributed by atoms with Crippen molar-refractivity contribution >= 4 is 27.8 Å². The van der Waals surface area contributed by atoms with Crippen LogP contribution in [0.1, 0.15) is 42.5 Å². The van der Waals surface area contributed by atoms with Gasteiger partial charge >= 0.3 is 5.97 Å². The molecular formula is C14H17BrN2O3. The van der Waals surface area contributed by atoms with Crippen molar-refractivity contribution in [3.05, 3.63) is 28.5 Å². The molecule has 0 saturated heterocycles. The van der Waals surface area contributed by atoms with E-state index in [0.29, 0.717) is 18.4 Å². The zero-order valence-electron chi connectivity index (χ0n) is 11.0. The maximum Gasteiger partial charge on any atom is 0.308 e. The third kappa shape index (κ3) is 3.79. The number of aliphatic carboxylic acids is 1. The van der Waals surface area contributed by atoms with Gasteiger partial charge in [0.25, 0.3) is 5.91 Å². The van der Waals surface area contributed by atoms with Crippen LogP contribution in [0, 0.1) is 5.92 Å². The van der Waals surface area contributed by atoms with Gasteiger partial charge in [-0.15, -0.1) is 0 Å². The van der Waals surface area contributed by atoms with Gasteiger partial charge in [0.15, 0.2) is 0 Å². The van der Waals surface area contributed by atoms with Gasteiger partial charge < -0.3 is 10.4 Å². The lowest BCUT2D eigenvalue weighted by Gasteiger charge is -2.22. The van der Waals surface area contributed by atoms with Crippen LogP contribution in [0.15, 0.2) is 22.9 Å². The Balaban J connectivity index is 2.09. The molecule has 1 aliphatic carbocycles. The summed E-state index contributed by atoms with van der Waals surface area (Å²) in [4.78, 5) is 27.4. The Labute approximate surface area is 125 Å². The van der Waals surface area contributed by atoms with E-state index in [9.17, 15) is 14.7 Å². The number of hydrogen-bond donors (Lipinski definition) is 2. The van der Waals surface area contributed by atoms with Crippen LogP contribution in [0.4, 0.5) is 0 Å². The smallest absolute Gasteiger partial charge is 0.308 e. The molecule has 5 nitrogen and oxygen atoms in total. The molecule has 0 radical (unpaired) electrons. The number of rotatable bonds is 3. The van der Waals surface area contributed by atoms with Gasteiger partial charge in [-0.2, -0.15) is 0 Å². The summed E-state index contributed by atoms with van der Waals surface area (Å²) in [5.41, 5.74) is 0.438. The van der Waals surface area contributed by atoms with Gasteiger partial charge in [-0.3, -0.25) is 14.6 Å². The molecule has 0 bridgehead atoms. The summed E-state index contributed by atoms with van der Waals surface area (Å²) in [5, 5.41) is 12.1. The SMILES string of the molecule is O=C(N[C@H]1CCCCC[C@H]1C(=O)O)c1cncc(Br)c1. The molecule has 1 heterocycles. The number of carbonyl (C=O) groups excluding carboxylic acids is 1. The van der Waals surface area contributed by atoms with E-state index in [-0.39, 0.29) is 11.9 Å². The molecule has 6 heteroatoms. The van der Waals surface area contributed by atoms with Crippen molar-refractivity contribution in [2.24, 2.45) is 5.92 Å². The third-order valence-corrected chi connectivity index (χ3v) is 4.05. The van der Waals surface area contributed by atoms with E-state index in [2.05, 4.69) is 26.2 Å². The molecule has 1 saturated carbocycles. The maximum atomic E-state index is 12.2. The summed E-state index contributed by atoms with van der Waals surface area (Å²) in [6.07, 6.45) is 7.29. The number of halogens is 1. The van der Waals surface area contributed by atoms with Crippen LogP contribution < -0.4 is 5.32 Å². The second kappa shape index (κ2) is 6.83. The summed E-state index contributed by atoms with van der Waals surface area (Å²) in [6, 6.07) is 1.37. The van der Waals surface area contributed by atoms with Crippen molar-refractivity contribution in [2.45, 2.75) is 38.1 Å². The molecule has 0 aliphatic heterocycles. The molecule has 2 atom stereocenters. The van der Waals surface area contributed by atoms with Crippen molar-refractivity contribution in [1.29, 1.82) is 0 Å². The molecule has 108 valence electrons. The molecule has 0 aromatic carbocycles. The second-order valence-corrected chi connectivity index (χ2v) is 5.97. The quantitative estimate of drug-likeness (QED) is 0.829. The first-order valence-corrected chi connectivity index (χ1v) is 7.51. The monoisotopic (exact) mass is 340 g/mol. The minimum Gasteiger partial charge on any atom is -0.481 e. The number of nitrogens with zero attached hydrogens (tertiary/aromatic N) is 1. The Morgan fingerprint density at radius 3 is 2.70 bits per heavy atom. The van der Waals surface area contributed by atoms with E-state index in [1.165, 1.54) is 6.20 Å². The molecule has 20 heavy (non-hydrogen) atoms. The minimum absolute atomic E-state index is 0.267. The summed E-state index contributed by atoms with van der Waals surface area (Å²) >= 11 is 3.27. The Morgan fingerprint density at radius 1 is 1.25 bits per heavy atom. The average molecular weight is 341 g/mol. The number of amides is 1. The Hall–Kier alpha value is -1.43. The number of carboxylic acids is 1. The lowest BCUT2D eigenvalue weighted by atomic mass is 9.94. The van der Waals surface area contributed by atoms with E-state index in [0.717, 1.165) is 23.7 Å². The summed E-state index contributed by atoms with van der Waals surface area (Å²) < 4.78 is 0.723. The molecule has 0 spiro atoms. The highest BCUT2D eigenvalue weighted by Crippen LogP contribution is 2.24. The van der Waals surface area contributed by atoms with E-state index in [1.54, 1.807) is 12.3 Å². The Kier molecular flexibility index (Phi) is 5.11. The number of pyridine rings is 1. The minimum atomic E-state index is -0.829. The third-order valence-electron chi connectivity index (χ3n) is 3.62. The number of carboxylic acid groups (broad SMARTS) is 1. The largest absolute Gasteiger partial charge is 0.481 e. The fraction of sp³-hybridized carbons (Fsp3) is 0.500. The first kappa shape index (κ1) is 15.0. The molecular weight excluding hydrogens is 324 g/mol. The molecule has 2 rings (SSSR count). The van der Waals surface area contributed by atoms with Gasteiger partial charge in [0, 0.05) is 22.9 Å². The van der Waals surface area contributed by atoms with Gasteiger partial charge in [-0.05, 0) is 34.8 Å². The zero-order valence-corrected chi connectivity index (χ0v) is 12.6. The molecule has 1 aromatic rings. The number of aromatic nitrogens is 1. The number of hydrogen-bond acceptors (Lipinski definition) is 3. The molecule has 0 unspecified atom stereocenters. The normalized spacial score (nSPS) is 22.9. The highest BCUT2D eigenvalue weighted by atomic mass is 79.9. The van der Waals surface area contributed by atoms with Gasteiger partial charge in [0.1, 0.15) is 0 Å². The highest BCUT2D eigenvalue weighted by Gasteiger charge is 2.30. The second-order valence-electron chi connectivity index (χ2n) is 5.05. The van der Waals surface area contributed by atoms with Crippen LogP contribution in [0.3, 0.4) is 0 Å². The highest BCUT2D eigenvalue weighted by molar-refractivity contribution is 9.10. The Morgan fingerprint density at radius 2 is 2.00 bits per heavy atom. The van der Waals surface area contributed by atoms with Crippen LogP contribution in [0.2, 0.25) is 0 Å². The molecule has 2 N–H and O–H groups in total. The first-order valence-electron chi connectivity index (χ1n) is 6.72. The molecule has 1 fully saturated rings. The van der Waals surface area contributed by atoms with E-state index >= 15 is 0 Å². The van der Waals surface area contributed by atoms with Crippen molar-refractivity contribution in [2.75, 3.05) is 0 Å². The maximum absolute atomic E-state index is 12.2. The lowest BCUT2D eigenvalue weighted by molar-refractivity contribution is -0.142. The fourth-order valence-electron chi connectivity index (χ4n) is 2.56. The number of nitrogens with one attached hydrogen (secondary N) is 1. The number of carbonyl (C=O) groups is 2. The standard InChI is InChI=1S/C14H17BrN2O3/c15-10-6-9(7-16-8-10)13(18)17-12-5-3-1-2-4-11(12)14(19)20/h6-8,11-12H,1-5H2,(H,17,18)(H,19,20)/t11-,12+/m1/s1. The average Bonchev–Trinajstić information content (AvgIpc) is 2.64. The van der Waals surface area contributed by atoms with Crippen LogP contribution in [-0.2, 0) is 4.79 Å². The topological polar surface area (TPSA) is 79.3 Å². The first-order chi connectivity index (χ1) is 9.58. The molecule has 1 amide bonds. The van der Waals surface area contributed by atoms with Gasteiger partial charge in [0.05, 0.1) is 11.5 Å². The van der Waals surface area contributed by atoms with Crippen LogP contribution in [-0.4, -0.2) is 28.0 Å². The van der Waals surface area contributed by atoms with E-state index < -0.39 is 11.9 Å². The molecule has 1 aromatic heterocycles. The van der Waals surface area contributed by atoms with Crippen molar-refractivity contribution in [3.8, 4) is 0 Å². The van der Waals surface area contributed by atoms with Gasteiger partial charge in [-0.1, -0.05) is 19.3 Å². The lowest BCUT2D eigenvalue weighted by Crippen LogP contribution is -2.42. The van der Waals surface area contributed by atoms with E-state index in [1.807, 2.05) is 0 Å². The van der Waals surface area contributed by atoms with Crippen LogP contribution in [0.5, 0.6) is 0 Å². The summed E-state index contributed by atoms with van der Waals surface area (Å²) in [6.45, 7) is 0. The molecule has 1 aliphatic rings. The van der Waals surface area contributed by atoms with Crippen molar-refractivity contribution in [3.63, 3.8) is 0 Å². The van der Waals surface area contributed by atoms with Crippen molar-refractivity contribution in [1.82, 2.24) is 10.3 Å². The zero-order chi connectivity index (χ0) is 14.5. The predicted molar refractivity (Wildman–Crippen MR) is 77.4 cm³/mol.